The van der Waals surface area contributed by atoms with E-state index in [0.29, 0.717) is 11.5 Å². The molecule has 2 saturated heterocycles. The van der Waals surface area contributed by atoms with Crippen LogP contribution in [0.5, 0.6) is 0 Å². The predicted molar refractivity (Wildman–Crippen MR) is 134 cm³/mol. The first-order chi connectivity index (χ1) is 15.5. The summed E-state index contributed by atoms with van der Waals surface area (Å²) in [4.78, 5) is 29.1. The van der Waals surface area contributed by atoms with Crippen LogP contribution in [0.25, 0.3) is 0 Å². The minimum atomic E-state index is -0.0379. The molecule has 0 saturated carbocycles. The third-order valence-electron chi connectivity index (χ3n) is 5.80. The number of carbonyl (C=O) groups is 2. The molecule has 2 atom stereocenters. The molecule has 162 valence electrons. The maximum Gasteiger partial charge on any atom is 0.238 e. The van der Waals surface area contributed by atoms with Crippen LogP contribution in [0.3, 0.4) is 0 Å². The Morgan fingerprint density at radius 2 is 1.06 bits per heavy atom. The molecule has 0 spiro atoms. The monoisotopic (exact) mass is 460 g/mol. The van der Waals surface area contributed by atoms with Crippen LogP contribution in [0.2, 0.25) is 0 Å². The van der Waals surface area contributed by atoms with E-state index in [1.165, 1.54) is 0 Å². The van der Waals surface area contributed by atoms with Crippen LogP contribution in [0, 0.1) is 13.8 Å². The average molecular weight is 461 g/mol. The fraction of sp³-hybridized carbons (Fsp3) is 0.231. The quantitative estimate of drug-likeness (QED) is 0.489. The van der Waals surface area contributed by atoms with Crippen LogP contribution >= 0.6 is 23.5 Å². The van der Waals surface area contributed by atoms with Gasteiger partial charge in [-0.1, -0.05) is 48.5 Å². The van der Waals surface area contributed by atoms with E-state index in [0.717, 1.165) is 33.6 Å². The second kappa shape index (κ2) is 8.68. The molecule has 6 heteroatoms. The molecule has 3 aromatic rings. The summed E-state index contributed by atoms with van der Waals surface area (Å²) >= 11 is 3.31. The van der Waals surface area contributed by atoms with E-state index in [9.17, 15) is 9.59 Å². The van der Waals surface area contributed by atoms with Crippen molar-refractivity contribution in [3.8, 4) is 0 Å². The summed E-state index contributed by atoms with van der Waals surface area (Å²) in [5, 5.41) is -0.0758. The first-order valence-corrected chi connectivity index (χ1v) is 12.7. The summed E-state index contributed by atoms with van der Waals surface area (Å²) in [6.45, 7) is 4.09. The maximum absolute atomic E-state index is 12.7. The summed E-state index contributed by atoms with van der Waals surface area (Å²) < 4.78 is 0. The Bertz CT molecular complexity index is 1090. The van der Waals surface area contributed by atoms with Crippen molar-refractivity contribution >= 4 is 46.7 Å². The molecular weight excluding hydrogens is 436 g/mol. The Kier molecular flexibility index (Phi) is 5.74. The van der Waals surface area contributed by atoms with Crippen LogP contribution in [-0.4, -0.2) is 23.3 Å². The van der Waals surface area contributed by atoms with Gasteiger partial charge in [-0.3, -0.25) is 19.4 Å². The molecule has 2 heterocycles. The van der Waals surface area contributed by atoms with Gasteiger partial charge < -0.3 is 0 Å². The molecule has 0 unspecified atom stereocenters. The van der Waals surface area contributed by atoms with E-state index in [-0.39, 0.29) is 22.6 Å². The van der Waals surface area contributed by atoms with Gasteiger partial charge in [-0.25, -0.2) is 0 Å². The number of benzene rings is 3. The Morgan fingerprint density at radius 1 is 0.656 bits per heavy atom. The van der Waals surface area contributed by atoms with Crippen LogP contribution in [0.15, 0.2) is 72.8 Å². The number of carbonyl (C=O) groups excluding carboxylic acids is 2. The minimum Gasteiger partial charge on any atom is -0.295 e. The van der Waals surface area contributed by atoms with E-state index in [1.54, 1.807) is 23.5 Å². The minimum absolute atomic E-state index is 0.0379. The number of nitrogens with zero attached hydrogens (tertiary/aromatic N) is 2. The van der Waals surface area contributed by atoms with Gasteiger partial charge in [-0.15, -0.1) is 23.5 Å². The predicted octanol–water partition coefficient (Wildman–Crippen LogP) is 5.86. The van der Waals surface area contributed by atoms with Crippen molar-refractivity contribution in [2.45, 2.75) is 24.6 Å². The van der Waals surface area contributed by atoms with E-state index < -0.39 is 0 Å². The second-order valence-corrected chi connectivity index (χ2v) is 10.3. The number of amides is 2. The molecule has 0 radical (unpaired) electrons. The molecule has 0 aliphatic carbocycles. The zero-order valence-electron chi connectivity index (χ0n) is 18.0. The second-order valence-electron chi connectivity index (χ2n) is 8.20. The van der Waals surface area contributed by atoms with Crippen LogP contribution < -0.4 is 9.80 Å². The van der Waals surface area contributed by atoms with Crippen LogP contribution in [-0.2, 0) is 9.59 Å². The molecular formula is C26H24N2O2S2. The zero-order chi connectivity index (χ0) is 22.2. The third kappa shape index (κ3) is 3.93. The Hall–Kier alpha value is -2.70. The summed E-state index contributed by atoms with van der Waals surface area (Å²) in [5.74, 6) is 1.23. The van der Waals surface area contributed by atoms with Gasteiger partial charge in [0.25, 0.3) is 0 Å². The standard InChI is InChI=1S/C26H24N2O2S2/c1-17-5-3-7-21(13-17)27-23(29)15-31-25(27)19-9-11-20(12-10-19)26-28(24(30)16-32-26)22-8-4-6-18(2)14-22/h3-14,25-26H,15-16H2,1-2H3/t25-,26-/m1/s1. The number of hydrogen-bond acceptors (Lipinski definition) is 4. The van der Waals surface area contributed by atoms with Gasteiger partial charge >= 0.3 is 0 Å². The molecule has 5 rings (SSSR count). The molecule has 0 bridgehead atoms. The summed E-state index contributed by atoms with van der Waals surface area (Å²) in [6.07, 6.45) is 0. The fourth-order valence-electron chi connectivity index (χ4n) is 4.28. The van der Waals surface area contributed by atoms with E-state index in [1.807, 2.05) is 60.0 Å². The average Bonchev–Trinajstić information content (AvgIpc) is 3.36. The van der Waals surface area contributed by atoms with Gasteiger partial charge in [-0.05, 0) is 60.4 Å². The van der Waals surface area contributed by atoms with Gasteiger partial charge in [0.1, 0.15) is 10.7 Å². The van der Waals surface area contributed by atoms with Gasteiger partial charge in [0.2, 0.25) is 11.8 Å². The lowest BCUT2D eigenvalue weighted by Gasteiger charge is -2.27. The highest BCUT2D eigenvalue weighted by molar-refractivity contribution is 8.01. The molecule has 2 aliphatic rings. The van der Waals surface area contributed by atoms with Crippen LogP contribution in [0.4, 0.5) is 11.4 Å². The summed E-state index contributed by atoms with van der Waals surface area (Å²) in [6, 6.07) is 24.6. The van der Waals surface area contributed by atoms with Crippen molar-refractivity contribution in [1.29, 1.82) is 0 Å². The number of hydrogen-bond donors (Lipinski definition) is 0. The molecule has 2 aliphatic heterocycles. The molecule has 32 heavy (non-hydrogen) atoms. The number of rotatable bonds is 4. The van der Waals surface area contributed by atoms with Crippen molar-refractivity contribution < 1.29 is 9.59 Å². The Balaban J connectivity index is 1.42. The Labute approximate surface area is 197 Å². The maximum atomic E-state index is 12.7. The fourth-order valence-corrected chi connectivity index (χ4v) is 6.64. The lowest BCUT2D eigenvalue weighted by molar-refractivity contribution is -0.116. The van der Waals surface area contributed by atoms with Gasteiger partial charge in [0.05, 0.1) is 11.5 Å². The van der Waals surface area contributed by atoms with E-state index in [2.05, 4.69) is 36.4 Å². The topological polar surface area (TPSA) is 40.6 Å². The number of thioether (sulfide) groups is 2. The van der Waals surface area contributed by atoms with Crippen molar-refractivity contribution in [3.63, 3.8) is 0 Å². The molecule has 2 fully saturated rings. The first kappa shape index (κ1) is 21.2. The lowest BCUT2D eigenvalue weighted by Crippen LogP contribution is -2.28. The van der Waals surface area contributed by atoms with Crippen molar-refractivity contribution in [2.24, 2.45) is 0 Å². The normalized spacial score (nSPS) is 20.9. The van der Waals surface area contributed by atoms with Gasteiger partial charge in [0, 0.05) is 11.4 Å². The van der Waals surface area contributed by atoms with E-state index in [4.69, 9.17) is 0 Å². The highest BCUT2D eigenvalue weighted by atomic mass is 32.2. The SMILES string of the molecule is Cc1cccc(N2C(=O)CS[C@@H]2c2ccc([C@H]3SCC(=O)N3c3cccc(C)c3)cc2)c1. The van der Waals surface area contributed by atoms with Gasteiger partial charge in [-0.2, -0.15) is 0 Å². The molecule has 4 nitrogen and oxygen atoms in total. The highest BCUT2D eigenvalue weighted by Gasteiger charge is 2.36. The van der Waals surface area contributed by atoms with E-state index >= 15 is 0 Å². The first-order valence-electron chi connectivity index (χ1n) is 10.6. The van der Waals surface area contributed by atoms with Crippen LogP contribution in [0.1, 0.15) is 33.0 Å². The zero-order valence-corrected chi connectivity index (χ0v) is 19.7. The van der Waals surface area contributed by atoms with Crippen molar-refractivity contribution in [3.05, 3.63) is 95.1 Å². The molecule has 0 N–H and O–H groups in total. The Morgan fingerprint density at radius 3 is 1.44 bits per heavy atom. The largest absolute Gasteiger partial charge is 0.295 e. The summed E-state index contributed by atoms with van der Waals surface area (Å²) in [7, 11) is 0. The molecule has 2 amide bonds. The summed E-state index contributed by atoms with van der Waals surface area (Å²) in [5.41, 5.74) is 6.36. The smallest absolute Gasteiger partial charge is 0.238 e. The van der Waals surface area contributed by atoms with Crippen molar-refractivity contribution in [2.75, 3.05) is 21.3 Å². The molecule has 0 aromatic heterocycles. The lowest BCUT2D eigenvalue weighted by atomic mass is 10.1. The third-order valence-corrected chi connectivity index (χ3v) is 8.23. The van der Waals surface area contributed by atoms with Gasteiger partial charge in [0.15, 0.2) is 0 Å². The molecule has 3 aromatic carbocycles. The highest BCUT2D eigenvalue weighted by Crippen LogP contribution is 2.44. The number of aryl methyl sites for hydroxylation is 2. The number of anilines is 2. The van der Waals surface area contributed by atoms with Crippen molar-refractivity contribution in [1.82, 2.24) is 0 Å².